The maximum atomic E-state index is 12.1. The summed E-state index contributed by atoms with van der Waals surface area (Å²) >= 11 is 0. The molecule has 0 aliphatic carbocycles. The number of likely N-dealkylation sites (tertiary alicyclic amines) is 1. The average Bonchev–Trinajstić information content (AvgIpc) is 3.59. The van der Waals surface area contributed by atoms with Crippen molar-refractivity contribution in [1.82, 2.24) is 25.1 Å². The minimum atomic E-state index is -0.0365. The van der Waals surface area contributed by atoms with E-state index in [9.17, 15) is 15.2 Å². The molecule has 10 heteroatoms. The number of hydrogen-bond acceptors (Lipinski definition) is 8. The summed E-state index contributed by atoms with van der Waals surface area (Å²) in [7, 11) is 0. The summed E-state index contributed by atoms with van der Waals surface area (Å²) in [6.07, 6.45) is 6.02. The number of fused-ring (bicyclic) bond motifs is 1. The number of amides is 1. The lowest BCUT2D eigenvalue weighted by atomic mass is 9.79. The van der Waals surface area contributed by atoms with Crippen LogP contribution < -0.4 is 9.80 Å². The molecule has 1 atom stereocenters. The highest BCUT2D eigenvalue weighted by molar-refractivity contribution is 5.97. The van der Waals surface area contributed by atoms with Crippen molar-refractivity contribution in [1.29, 1.82) is 5.26 Å². The lowest BCUT2D eigenvalue weighted by Gasteiger charge is -2.47. The molecule has 3 fully saturated rings. The molecule has 0 saturated carbocycles. The SMILES string of the molecule is C=CC(=O)N1CC2(CCN(c3nc(N4CCC[C@H](CO)C4)nc(-c4c(C)ccc5[nH]ncc45)c3C#N)C2)C1. The molecule has 1 spiro atoms. The van der Waals surface area contributed by atoms with E-state index in [0.717, 1.165) is 60.9 Å². The molecule has 2 N–H and O–H groups in total. The lowest BCUT2D eigenvalue weighted by molar-refractivity contribution is -0.136. The summed E-state index contributed by atoms with van der Waals surface area (Å²) in [6, 6.07) is 6.45. The fourth-order valence-corrected chi connectivity index (χ4v) is 6.35. The van der Waals surface area contributed by atoms with Crippen LogP contribution in [0.4, 0.5) is 11.8 Å². The molecule has 196 valence electrons. The van der Waals surface area contributed by atoms with E-state index < -0.39 is 0 Å². The number of hydrogen-bond donors (Lipinski definition) is 2. The highest BCUT2D eigenvalue weighted by atomic mass is 16.3. The summed E-state index contributed by atoms with van der Waals surface area (Å²) in [5, 5.41) is 28.5. The summed E-state index contributed by atoms with van der Waals surface area (Å²) in [5.74, 6) is 1.37. The predicted octanol–water partition coefficient (Wildman–Crippen LogP) is 2.63. The molecular weight excluding hydrogens is 480 g/mol. The fraction of sp³-hybridized carbons (Fsp3) is 0.464. The number of anilines is 2. The van der Waals surface area contributed by atoms with E-state index in [4.69, 9.17) is 9.97 Å². The summed E-state index contributed by atoms with van der Waals surface area (Å²) in [6.45, 7) is 10.1. The molecule has 3 aliphatic rings. The van der Waals surface area contributed by atoms with Crippen LogP contribution in [-0.2, 0) is 4.79 Å². The third kappa shape index (κ3) is 3.98. The highest BCUT2D eigenvalue weighted by Crippen LogP contribution is 2.43. The molecule has 0 unspecified atom stereocenters. The highest BCUT2D eigenvalue weighted by Gasteiger charge is 2.49. The monoisotopic (exact) mass is 512 g/mol. The number of carbonyl (C=O) groups excluding carboxylic acids is 1. The van der Waals surface area contributed by atoms with Gasteiger partial charge in [-0.1, -0.05) is 12.6 Å². The molecule has 3 aliphatic heterocycles. The molecule has 3 aromatic rings. The van der Waals surface area contributed by atoms with E-state index in [0.29, 0.717) is 42.7 Å². The van der Waals surface area contributed by atoms with E-state index in [1.165, 1.54) is 6.08 Å². The predicted molar refractivity (Wildman–Crippen MR) is 145 cm³/mol. The lowest BCUT2D eigenvalue weighted by Crippen LogP contribution is -2.59. The van der Waals surface area contributed by atoms with Gasteiger partial charge in [0.2, 0.25) is 11.9 Å². The summed E-state index contributed by atoms with van der Waals surface area (Å²) in [5.41, 5.74) is 3.85. The van der Waals surface area contributed by atoms with Crippen molar-refractivity contribution < 1.29 is 9.90 Å². The molecule has 1 aromatic carbocycles. The molecule has 10 nitrogen and oxygen atoms in total. The third-order valence-electron chi connectivity index (χ3n) is 8.40. The second-order valence-electron chi connectivity index (χ2n) is 11.0. The average molecular weight is 513 g/mol. The van der Waals surface area contributed by atoms with Gasteiger partial charge in [-0.05, 0) is 49.8 Å². The van der Waals surface area contributed by atoms with E-state index in [1.54, 1.807) is 6.20 Å². The number of aromatic amines is 1. The number of piperidine rings is 1. The summed E-state index contributed by atoms with van der Waals surface area (Å²) in [4.78, 5) is 28.3. The van der Waals surface area contributed by atoms with Crippen LogP contribution in [0.2, 0.25) is 0 Å². The third-order valence-corrected chi connectivity index (χ3v) is 8.40. The van der Waals surface area contributed by atoms with E-state index in [1.807, 2.05) is 24.0 Å². The Hall–Kier alpha value is -3.97. The number of aliphatic hydroxyl groups is 1. The van der Waals surface area contributed by atoms with Crippen LogP contribution in [0.3, 0.4) is 0 Å². The van der Waals surface area contributed by atoms with Gasteiger partial charge in [0, 0.05) is 62.2 Å². The number of benzene rings is 1. The van der Waals surface area contributed by atoms with Gasteiger partial charge in [0.05, 0.1) is 17.4 Å². The molecule has 1 amide bonds. The Kier molecular flexibility index (Phi) is 6.03. The number of nitrogens with one attached hydrogen (secondary N) is 1. The molecule has 2 aromatic heterocycles. The van der Waals surface area contributed by atoms with Crippen molar-refractivity contribution in [3.05, 3.63) is 42.1 Å². The summed E-state index contributed by atoms with van der Waals surface area (Å²) < 4.78 is 0. The van der Waals surface area contributed by atoms with Crippen LogP contribution in [0.15, 0.2) is 31.0 Å². The smallest absolute Gasteiger partial charge is 0.245 e. The Labute approximate surface area is 221 Å². The van der Waals surface area contributed by atoms with Gasteiger partial charge in [-0.3, -0.25) is 9.89 Å². The van der Waals surface area contributed by atoms with E-state index in [2.05, 4.69) is 32.6 Å². The van der Waals surface area contributed by atoms with Gasteiger partial charge in [0.15, 0.2) is 5.82 Å². The first-order valence-corrected chi connectivity index (χ1v) is 13.2. The van der Waals surface area contributed by atoms with Gasteiger partial charge >= 0.3 is 0 Å². The van der Waals surface area contributed by atoms with Crippen LogP contribution >= 0.6 is 0 Å². The van der Waals surface area contributed by atoms with Gasteiger partial charge in [0.25, 0.3) is 0 Å². The van der Waals surface area contributed by atoms with Crippen molar-refractivity contribution in [2.24, 2.45) is 11.3 Å². The van der Waals surface area contributed by atoms with Crippen LogP contribution in [0.25, 0.3) is 22.2 Å². The first kappa shape index (κ1) is 24.4. The molecule has 38 heavy (non-hydrogen) atoms. The van der Waals surface area contributed by atoms with Crippen LogP contribution in [0, 0.1) is 29.6 Å². The van der Waals surface area contributed by atoms with Gasteiger partial charge in [-0.25, -0.2) is 4.98 Å². The molecule has 0 radical (unpaired) electrons. The van der Waals surface area contributed by atoms with Gasteiger partial charge < -0.3 is 19.8 Å². The number of aliphatic hydroxyl groups excluding tert-OH is 1. The Morgan fingerprint density at radius 1 is 1.29 bits per heavy atom. The fourth-order valence-electron chi connectivity index (χ4n) is 6.35. The minimum Gasteiger partial charge on any atom is -0.396 e. The largest absolute Gasteiger partial charge is 0.396 e. The molecule has 5 heterocycles. The second-order valence-corrected chi connectivity index (χ2v) is 11.0. The molecule has 6 rings (SSSR count). The number of H-pyrrole nitrogens is 1. The van der Waals surface area contributed by atoms with Crippen molar-refractivity contribution >= 4 is 28.6 Å². The Bertz CT molecular complexity index is 1450. The van der Waals surface area contributed by atoms with E-state index in [-0.39, 0.29) is 23.8 Å². The van der Waals surface area contributed by atoms with Crippen LogP contribution in [-0.4, -0.2) is 82.0 Å². The molecular formula is C28H32N8O2. The Balaban J connectivity index is 1.45. The number of nitriles is 1. The quantitative estimate of drug-likeness (QED) is 0.500. The second kappa shape index (κ2) is 9.40. The zero-order valence-electron chi connectivity index (χ0n) is 21.7. The molecule has 3 saturated heterocycles. The first-order chi connectivity index (χ1) is 18.4. The minimum absolute atomic E-state index is 0.00423. The van der Waals surface area contributed by atoms with Crippen LogP contribution in [0.5, 0.6) is 0 Å². The van der Waals surface area contributed by atoms with Gasteiger partial charge in [0.1, 0.15) is 11.6 Å². The van der Waals surface area contributed by atoms with Crippen molar-refractivity contribution in [2.75, 3.05) is 55.7 Å². The first-order valence-electron chi connectivity index (χ1n) is 13.2. The van der Waals surface area contributed by atoms with Crippen molar-refractivity contribution in [3.63, 3.8) is 0 Å². The normalized spacial score (nSPS) is 20.6. The maximum Gasteiger partial charge on any atom is 0.245 e. The van der Waals surface area contributed by atoms with Crippen molar-refractivity contribution in [2.45, 2.75) is 26.2 Å². The maximum absolute atomic E-state index is 12.1. The standard InChI is InChI=1S/C28H32N8O2/c1-3-23(38)36-16-28(17-36)8-10-35(15-28)26-20(11-29)25(24-18(2)6-7-22-21(24)12-30-33-22)31-27(32-26)34-9-4-5-19(13-34)14-37/h3,6-7,12,19,37H,1,4-5,8-10,13-17H2,2H3,(H,30,33)/t19-/m0/s1. The molecule has 0 bridgehead atoms. The number of aromatic nitrogens is 4. The number of carbonyl (C=O) groups is 1. The number of aryl methyl sites for hydroxylation is 1. The topological polar surface area (TPSA) is 125 Å². The zero-order valence-corrected chi connectivity index (χ0v) is 21.7. The Morgan fingerprint density at radius 3 is 2.89 bits per heavy atom. The number of rotatable bonds is 5. The Morgan fingerprint density at radius 2 is 2.13 bits per heavy atom. The van der Waals surface area contributed by atoms with Crippen LogP contribution in [0.1, 0.15) is 30.4 Å². The van der Waals surface area contributed by atoms with Gasteiger partial charge in [-0.15, -0.1) is 0 Å². The number of nitrogens with zero attached hydrogens (tertiary/aromatic N) is 7. The van der Waals surface area contributed by atoms with Crippen molar-refractivity contribution in [3.8, 4) is 17.3 Å². The van der Waals surface area contributed by atoms with E-state index >= 15 is 0 Å². The zero-order chi connectivity index (χ0) is 26.4. The van der Waals surface area contributed by atoms with Gasteiger partial charge in [-0.2, -0.15) is 15.3 Å².